The second kappa shape index (κ2) is 6.23. The van der Waals surface area contributed by atoms with Gasteiger partial charge in [0, 0.05) is 16.5 Å². The van der Waals surface area contributed by atoms with Crippen LogP contribution in [0.4, 0.5) is 4.39 Å². The van der Waals surface area contributed by atoms with Crippen LogP contribution in [0.5, 0.6) is 11.5 Å². The second-order valence-electron chi connectivity index (χ2n) is 5.31. The van der Waals surface area contributed by atoms with Gasteiger partial charge in [-0.1, -0.05) is 0 Å². The molecule has 0 fully saturated rings. The average molecular weight is 329 g/mol. The number of nitrogens with one attached hydrogen (secondary N) is 1. The maximum Gasteiger partial charge on any atom is 0.307 e. The van der Waals surface area contributed by atoms with Gasteiger partial charge in [-0.3, -0.25) is 4.79 Å². The zero-order valence-corrected chi connectivity index (χ0v) is 13.2. The Hall–Kier alpha value is -3.02. The van der Waals surface area contributed by atoms with Crippen molar-refractivity contribution in [3.05, 3.63) is 47.8 Å². The number of H-pyrrole nitrogens is 1. The van der Waals surface area contributed by atoms with Gasteiger partial charge in [0.25, 0.3) is 0 Å². The molecule has 0 bridgehead atoms. The lowest BCUT2D eigenvalue weighted by molar-refractivity contribution is -0.136. The number of hydrogen-bond acceptors (Lipinski definition) is 3. The Morgan fingerprint density at radius 2 is 1.88 bits per heavy atom. The predicted molar refractivity (Wildman–Crippen MR) is 88.1 cm³/mol. The monoisotopic (exact) mass is 329 g/mol. The lowest BCUT2D eigenvalue weighted by Crippen LogP contribution is -2.01. The van der Waals surface area contributed by atoms with Crippen molar-refractivity contribution in [3.63, 3.8) is 0 Å². The second-order valence-corrected chi connectivity index (χ2v) is 5.31. The summed E-state index contributed by atoms with van der Waals surface area (Å²) in [4.78, 5) is 14.4. The van der Waals surface area contributed by atoms with Crippen LogP contribution >= 0.6 is 0 Å². The highest BCUT2D eigenvalue weighted by atomic mass is 19.1. The maximum atomic E-state index is 13.6. The quantitative estimate of drug-likeness (QED) is 0.750. The SMILES string of the molecule is COc1ccc(-c2[nH]c3ccc(F)cc3c2CC(=O)O)cc1OC. The summed E-state index contributed by atoms with van der Waals surface area (Å²) in [5.41, 5.74) is 2.57. The fourth-order valence-corrected chi connectivity index (χ4v) is 2.79. The molecule has 2 N–H and O–H groups in total. The Morgan fingerprint density at radius 3 is 2.54 bits per heavy atom. The van der Waals surface area contributed by atoms with Crippen molar-refractivity contribution >= 4 is 16.9 Å². The molecule has 0 saturated carbocycles. The molecule has 5 nitrogen and oxygen atoms in total. The van der Waals surface area contributed by atoms with Gasteiger partial charge in [-0.2, -0.15) is 0 Å². The molecule has 24 heavy (non-hydrogen) atoms. The van der Waals surface area contributed by atoms with E-state index in [2.05, 4.69) is 4.98 Å². The molecule has 0 atom stereocenters. The summed E-state index contributed by atoms with van der Waals surface area (Å²) in [5, 5.41) is 9.77. The van der Waals surface area contributed by atoms with Crippen molar-refractivity contribution in [2.75, 3.05) is 14.2 Å². The van der Waals surface area contributed by atoms with E-state index in [1.807, 2.05) is 0 Å². The fraction of sp³-hybridized carbons (Fsp3) is 0.167. The number of carboxylic acids is 1. The predicted octanol–water partition coefficient (Wildman–Crippen LogP) is 3.62. The first kappa shape index (κ1) is 15.9. The summed E-state index contributed by atoms with van der Waals surface area (Å²) in [7, 11) is 3.07. The van der Waals surface area contributed by atoms with E-state index >= 15 is 0 Å². The number of fused-ring (bicyclic) bond motifs is 1. The van der Waals surface area contributed by atoms with Crippen LogP contribution in [0.25, 0.3) is 22.2 Å². The number of aliphatic carboxylic acids is 1. The van der Waals surface area contributed by atoms with Gasteiger partial charge in [0.2, 0.25) is 0 Å². The van der Waals surface area contributed by atoms with Crippen LogP contribution in [0.2, 0.25) is 0 Å². The molecule has 3 rings (SSSR count). The Labute approximate surface area is 137 Å². The smallest absolute Gasteiger partial charge is 0.307 e. The Morgan fingerprint density at radius 1 is 1.12 bits per heavy atom. The molecule has 0 aliphatic heterocycles. The van der Waals surface area contributed by atoms with E-state index in [0.29, 0.717) is 33.7 Å². The largest absolute Gasteiger partial charge is 0.493 e. The van der Waals surface area contributed by atoms with Gasteiger partial charge in [-0.15, -0.1) is 0 Å². The van der Waals surface area contributed by atoms with Gasteiger partial charge in [0.05, 0.1) is 26.3 Å². The number of hydrogen-bond donors (Lipinski definition) is 2. The highest BCUT2D eigenvalue weighted by molar-refractivity contribution is 5.94. The topological polar surface area (TPSA) is 71.6 Å². The minimum absolute atomic E-state index is 0.215. The van der Waals surface area contributed by atoms with Gasteiger partial charge in [0.15, 0.2) is 11.5 Å². The van der Waals surface area contributed by atoms with Crippen LogP contribution in [0.15, 0.2) is 36.4 Å². The first-order valence-electron chi connectivity index (χ1n) is 7.27. The van der Waals surface area contributed by atoms with Crippen molar-refractivity contribution in [1.82, 2.24) is 4.98 Å². The number of methoxy groups -OCH3 is 2. The number of rotatable bonds is 5. The number of halogens is 1. The van der Waals surface area contributed by atoms with Crippen LogP contribution in [0.3, 0.4) is 0 Å². The number of aromatic nitrogens is 1. The highest BCUT2D eigenvalue weighted by Crippen LogP contribution is 2.36. The van der Waals surface area contributed by atoms with E-state index in [0.717, 1.165) is 5.56 Å². The number of carboxylic acid groups (broad SMARTS) is 1. The number of benzene rings is 2. The zero-order chi connectivity index (χ0) is 17.3. The molecule has 2 aromatic carbocycles. The molecule has 3 aromatic rings. The van der Waals surface area contributed by atoms with Crippen molar-refractivity contribution in [2.45, 2.75) is 6.42 Å². The Balaban J connectivity index is 2.23. The third-order valence-electron chi connectivity index (χ3n) is 3.87. The first-order valence-corrected chi connectivity index (χ1v) is 7.27. The first-order chi connectivity index (χ1) is 11.5. The molecular formula is C18H16FNO4. The van der Waals surface area contributed by atoms with Crippen LogP contribution < -0.4 is 9.47 Å². The van der Waals surface area contributed by atoms with Crippen molar-refractivity contribution < 1.29 is 23.8 Å². The van der Waals surface area contributed by atoms with Gasteiger partial charge in [-0.05, 0) is 42.0 Å². The molecule has 0 spiro atoms. The normalized spacial score (nSPS) is 10.8. The minimum Gasteiger partial charge on any atom is -0.493 e. The molecule has 0 amide bonds. The summed E-state index contributed by atoms with van der Waals surface area (Å²) >= 11 is 0. The molecule has 6 heteroatoms. The summed E-state index contributed by atoms with van der Waals surface area (Å²) in [5.74, 6) is -0.293. The van der Waals surface area contributed by atoms with Crippen molar-refractivity contribution in [1.29, 1.82) is 0 Å². The van der Waals surface area contributed by atoms with Gasteiger partial charge >= 0.3 is 5.97 Å². The third-order valence-corrected chi connectivity index (χ3v) is 3.87. The molecule has 0 aliphatic rings. The fourth-order valence-electron chi connectivity index (χ4n) is 2.79. The molecule has 0 unspecified atom stereocenters. The molecule has 0 aliphatic carbocycles. The molecule has 0 saturated heterocycles. The molecular weight excluding hydrogens is 313 g/mol. The highest BCUT2D eigenvalue weighted by Gasteiger charge is 2.17. The maximum absolute atomic E-state index is 13.6. The number of ether oxygens (including phenoxy) is 2. The molecule has 1 aromatic heterocycles. The Bertz CT molecular complexity index is 917. The molecule has 124 valence electrons. The summed E-state index contributed by atoms with van der Waals surface area (Å²) in [6.45, 7) is 0. The van der Waals surface area contributed by atoms with Crippen LogP contribution in [-0.4, -0.2) is 30.3 Å². The van der Waals surface area contributed by atoms with Crippen LogP contribution in [-0.2, 0) is 11.2 Å². The van der Waals surface area contributed by atoms with E-state index < -0.39 is 11.8 Å². The number of aromatic amines is 1. The minimum atomic E-state index is -0.984. The van der Waals surface area contributed by atoms with Gasteiger partial charge < -0.3 is 19.6 Å². The standard InChI is InChI=1S/C18H16FNO4/c1-23-15-6-3-10(7-16(15)24-2)18-13(9-17(21)22)12-8-11(19)4-5-14(12)20-18/h3-8,20H,9H2,1-2H3,(H,21,22). The molecule has 1 heterocycles. The van der Waals surface area contributed by atoms with Crippen LogP contribution in [0.1, 0.15) is 5.56 Å². The van der Waals surface area contributed by atoms with Crippen LogP contribution in [0, 0.1) is 5.82 Å². The zero-order valence-electron chi connectivity index (χ0n) is 13.2. The van der Waals surface area contributed by atoms with Crippen molar-refractivity contribution in [2.24, 2.45) is 0 Å². The summed E-state index contributed by atoms with van der Waals surface area (Å²) < 4.78 is 24.1. The van der Waals surface area contributed by atoms with E-state index in [1.54, 1.807) is 31.4 Å². The van der Waals surface area contributed by atoms with Gasteiger partial charge in [0.1, 0.15) is 5.82 Å². The lowest BCUT2D eigenvalue weighted by atomic mass is 10.0. The molecule has 0 radical (unpaired) electrons. The lowest BCUT2D eigenvalue weighted by Gasteiger charge is -2.10. The summed E-state index contributed by atoms with van der Waals surface area (Å²) in [6.07, 6.45) is -0.215. The van der Waals surface area contributed by atoms with E-state index in [9.17, 15) is 14.3 Å². The number of carbonyl (C=O) groups is 1. The van der Waals surface area contributed by atoms with Crippen molar-refractivity contribution in [3.8, 4) is 22.8 Å². The van der Waals surface area contributed by atoms with E-state index in [1.165, 1.54) is 19.2 Å². The Kier molecular flexibility index (Phi) is 4.12. The summed E-state index contributed by atoms with van der Waals surface area (Å²) in [6, 6.07) is 9.57. The van der Waals surface area contributed by atoms with Gasteiger partial charge in [-0.25, -0.2) is 4.39 Å². The van der Waals surface area contributed by atoms with E-state index in [4.69, 9.17) is 9.47 Å². The third kappa shape index (κ3) is 2.78. The van der Waals surface area contributed by atoms with E-state index in [-0.39, 0.29) is 6.42 Å². The average Bonchev–Trinajstić information content (AvgIpc) is 2.91.